The van der Waals surface area contributed by atoms with Crippen LogP contribution in [0.1, 0.15) is 29.5 Å². The van der Waals surface area contributed by atoms with Gasteiger partial charge >= 0.3 is 0 Å². The van der Waals surface area contributed by atoms with Crippen LogP contribution in [0, 0.1) is 6.92 Å². The predicted octanol–water partition coefficient (Wildman–Crippen LogP) is 3.12. The predicted molar refractivity (Wildman–Crippen MR) is 107 cm³/mol. The van der Waals surface area contributed by atoms with Gasteiger partial charge < -0.3 is 20.1 Å². The van der Waals surface area contributed by atoms with Crippen molar-refractivity contribution in [3.8, 4) is 5.75 Å². The van der Waals surface area contributed by atoms with Crippen LogP contribution in [0.25, 0.3) is 0 Å². The smallest absolute Gasteiger partial charge is 0.191 e. The van der Waals surface area contributed by atoms with E-state index in [-0.39, 0.29) is 0 Å². The number of methoxy groups -OCH3 is 1. The number of aliphatic imine (C=N–C) groups is 1. The first-order valence-electron chi connectivity index (χ1n) is 8.84. The van der Waals surface area contributed by atoms with Gasteiger partial charge in [0.25, 0.3) is 0 Å². The molecular weight excluding hydrogens is 348 g/mol. The minimum absolute atomic E-state index is 0.604. The fourth-order valence-corrected chi connectivity index (χ4v) is 2.98. The van der Waals surface area contributed by atoms with Crippen molar-refractivity contribution >= 4 is 17.3 Å². The number of guanidine groups is 1. The van der Waals surface area contributed by atoms with Crippen molar-refractivity contribution in [3.05, 3.63) is 45.9 Å². The van der Waals surface area contributed by atoms with Gasteiger partial charge in [0, 0.05) is 24.6 Å². The lowest BCUT2D eigenvalue weighted by molar-refractivity contribution is 0.145. The number of thiazole rings is 1. The van der Waals surface area contributed by atoms with Crippen LogP contribution in [0.3, 0.4) is 0 Å². The zero-order valence-corrected chi connectivity index (χ0v) is 16.6. The first-order chi connectivity index (χ1) is 12.7. The van der Waals surface area contributed by atoms with E-state index in [1.807, 2.05) is 43.6 Å². The molecule has 7 heteroatoms. The second-order valence-corrected chi connectivity index (χ2v) is 6.64. The Labute approximate surface area is 159 Å². The summed E-state index contributed by atoms with van der Waals surface area (Å²) >= 11 is 1.65. The van der Waals surface area contributed by atoms with Crippen LogP contribution in [0.5, 0.6) is 5.75 Å². The van der Waals surface area contributed by atoms with Crippen molar-refractivity contribution in [1.82, 2.24) is 15.6 Å². The second-order valence-electron chi connectivity index (χ2n) is 5.70. The van der Waals surface area contributed by atoms with Gasteiger partial charge in [0.05, 0.1) is 31.4 Å². The first kappa shape index (κ1) is 20.2. The Hall–Kier alpha value is -2.12. The normalized spacial score (nSPS) is 11.4. The highest BCUT2D eigenvalue weighted by molar-refractivity contribution is 7.09. The molecule has 6 nitrogen and oxygen atoms in total. The van der Waals surface area contributed by atoms with Gasteiger partial charge in [0.2, 0.25) is 0 Å². The molecule has 0 fully saturated rings. The molecule has 0 amide bonds. The monoisotopic (exact) mass is 376 g/mol. The van der Waals surface area contributed by atoms with Gasteiger partial charge in [-0.15, -0.1) is 11.3 Å². The van der Waals surface area contributed by atoms with E-state index in [9.17, 15) is 0 Å². The molecule has 0 aliphatic heterocycles. The molecule has 1 heterocycles. The zero-order chi connectivity index (χ0) is 18.6. The van der Waals surface area contributed by atoms with E-state index >= 15 is 0 Å². The summed E-state index contributed by atoms with van der Waals surface area (Å²) in [4.78, 5) is 10.2. The number of nitrogens with one attached hydrogen (secondary N) is 2. The molecule has 2 rings (SSSR count). The lowest BCUT2D eigenvalue weighted by Crippen LogP contribution is -2.37. The average molecular weight is 377 g/mol. The maximum atomic E-state index is 5.38. The van der Waals surface area contributed by atoms with Crippen molar-refractivity contribution in [2.24, 2.45) is 4.99 Å². The number of aromatic nitrogens is 1. The third kappa shape index (κ3) is 7.01. The van der Waals surface area contributed by atoms with E-state index in [1.165, 1.54) is 4.88 Å². The molecule has 142 valence electrons. The van der Waals surface area contributed by atoms with Crippen LogP contribution in [-0.4, -0.2) is 37.8 Å². The molecule has 0 bridgehead atoms. The molecule has 0 aliphatic rings. The fourth-order valence-electron chi connectivity index (χ4n) is 2.26. The lowest BCUT2D eigenvalue weighted by Gasteiger charge is -2.12. The van der Waals surface area contributed by atoms with Crippen LogP contribution >= 0.6 is 11.3 Å². The molecule has 2 N–H and O–H groups in total. The van der Waals surface area contributed by atoms with Crippen molar-refractivity contribution < 1.29 is 9.47 Å². The Morgan fingerprint density at radius 1 is 1.23 bits per heavy atom. The maximum Gasteiger partial charge on any atom is 0.191 e. The second kappa shape index (κ2) is 11.5. The number of rotatable bonds is 10. The van der Waals surface area contributed by atoms with E-state index in [0.717, 1.165) is 55.7 Å². The molecule has 1 aromatic heterocycles. The standard InChI is InChI=1S/C19H28N4O2S/c1-4-25-11-5-10-20-19(22-13-18-15(2)23-14-26-18)21-12-16-6-8-17(24-3)9-7-16/h6-9,14H,4-5,10-13H2,1-3H3,(H2,20,21,22). The van der Waals surface area contributed by atoms with Crippen molar-refractivity contribution in [2.75, 3.05) is 26.9 Å². The largest absolute Gasteiger partial charge is 0.497 e. The molecule has 2 aromatic rings. The summed E-state index contributed by atoms with van der Waals surface area (Å²) in [5.41, 5.74) is 4.07. The highest BCUT2D eigenvalue weighted by Gasteiger charge is 2.04. The average Bonchev–Trinajstić information content (AvgIpc) is 3.08. The summed E-state index contributed by atoms with van der Waals surface area (Å²) < 4.78 is 10.6. The number of hydrogen-bond acceptors (Lipinski definition) is 5. The van der Waals surface area contributed by atoms with E-state index in [0.29, 0.717) is 6.54 Å². The molecule has 0 unspecified atom stereocenters. The number of benzene rings is 1. The van der Waals surface area contributed by atoms with Crippen LogP contribution in [0.4, 0.5) is 0 Å². The van der Waals surface area contributed by atoms with Crippen LogP contribution in [0.2, 0.25) is 0 Å². The SMILES string of the molecule is CCOCCCNC(=NCc1ccc(OC)cc1)NCc1scnc1C. The molecule has 0 radical (unpaired) electrons. The minimum Gasteiger partial charge on any atom is -0.497 e. The van der Waals surface area contributed by atoms with Gasteiger partial charge in [-0.25, -0.2) is 9.98 Å². The third-order valence-electron chi connectivity index (χ3n) is 3.80. The molecular formula is C19H28N4O2S. The lowest BCUT2D eigenvalue weighted by atomic mass is 10.2. The van der Waals surface area contributed by atoms with E-state index in [4.69, 9.17) is 14.5 Å². The fraction of sp³-hybridized carbons (Fsp3) is 0.474. The highest BCUT2D eigenvalue weighted by atomic mass is 32.1. The van der Waals surface area contributed by atoms with Crippen molar-refractivity contribution in [2.45, 2.75) is 33.4 Å². The minimum atomic E-state index is 0.604. The first-order valence-corrected chi connectivity index (χ1v) is 9.72. The van der Waals surface area contributed by atoms with E-state index < -0.39 is 0 Å². The topological polar surface area (TPSA) is 67.8 Å². The van der Waals surface area contributed by atoms with Gasteiger partial charge in [0.1, 0.15) is 5.75 Å². The summed E-state index contributed by atoms with van der Waals surface area (Å²) in [5.74, 6) is 1.65. The van der Waals surface area contributed by atoms with Gasteiger partial charge in [-0.3, -0.25) is 0 Å². The summed E-state index contributed by atoms with van der Waals surface area (Å²) in [6.45, 7) is 7.68. The molecule has 1 aromatic carbocycles. The Morgan fingerprint density at radius 3 is 2.69 bits per heavy atom. The number of nitrogens with zero attached hydrogens (tertiary/aromatic N) is 2. The van der Waals surface area contributed by atoms with Gasteiger partial charge in [-0.2, -0.15) is 0 Å². The summed E-state index contributed by atoms with van der Waals surface area (Å²) in [6.07, 6.45) is 0.941. The molecule has 0 atom stereocenters. The van der Waals surface area contributed by atoms with Crippen LogP contribution in [-0.2, 0) is 17.8 Å². The third-order valence-corrected chi connectivity index (χ3v) is 4.74. The van der Waals surface area contributed by atoms with E-state index in [1.54, 1.807) is 18.4 Å². The van der Waals surface area contributed by atoms with Gasteiger partial charge in [-0.05, 0) is 38.0 Å². The quantitative estimate of drug-likeness (QED) is 0.379. The molecule has 0 saturated heterocycles. The molecule has 0 saturated carbocycles. The Kier molecular flexibility index (Phi) is 8.92. The highest BCUT2D eigenvalue weighted by Crippen LogP contribution is 2.12. The van der Waals surface area contributed by atoms with Crippen molar-refractivity contribution in [1.29, 1.82) is 0 Å². The van der Waals surface area contributed by atoms with Crippen LogP contribution in [0.15, 0.2) is 34.8 Å². The van der Waals surface area contributed by atoms with Crippen molar-refractivity contribution in [3.63, 3.8) is 0 Å². The molecule has 0 spiro atoms. The summed E-state index contributed by atoms with van der Waals surface area (Å²) in [7, 11) is 1.67. The van der Waals surface area contributed by atoms with E-state index in [2.05, 4.69) is 15.6 Å². The van der Waals surface area contributed by atoms with Gasteiger partial charge in [-0.1, -0.05) is 12.1 Å². The molecule has 0 aliphatic carbocycles. The number of aryl methyl sites for hydroxylation is 1. The zero-order valence-electron chi connectivity index (χ0n) is 15.7. The Morgan fingerprint density at radius 2 is 2.04 bits per heavy atom. The Balaban J connectivity index is 1.92. The summed E-state index contributed by atoms with van der Waals surface area (Å²) in [5, 5.41) is 6.76. The van der Waals surface area contributed by atoms with Crippen LogP contribution < -0.4 is 15.4 Å². The Bertz CT molecular complexity index is 670. The number of hydrogen-bond donors (Lipinski definition) is 2. The summed E-state index contributed by atoms with van der Waals surface area (Å²) in [6, 6.07) is 7.97. The number of ether oxygens (including phenoxy) is 2. The maximum absolute atomic E-state index is 5.38. The van der Waals surface area contributed by atoms with Gasteiger partial charge in [0.15, 0.2) is 5.96 Å². The molecule has 26 heavy (non-hydrogen) atoms.